The van der Waals surface area contributed by atoms with Crippen LogP contribution in [0.25, 0.3) is 11.0 Å². The van der Waals surface area contributed by atoms with Crippen LogP contribution in [0.3, 0.4) is 0 Å². The smallest absolute Gasteiger partial charge is 0.347 e. The second-order valence-electron chi connectivity index (χ2n) is 13.7. The van der Waals surface area contributed by atoms with Crippen LogP contribution in [0.1, 0.15) is 50.4 Å². The van der Waals surface area contributed by atoms with Gasteiger partial charge in [0.05, 0.1) is 54.8 Å². The monoisotopic (exact) mass is 775 g/mol. The first-order chi connectivity index (χ1) is 24.7. The van der Waals surface area contributed by atoms with Gasteiger partial charge < -0.3 is 23.9 Å². The Hall–Kier alpha value is -5.18. The molecular weight excluding hydrogens is 738 g/mol. The fourth-order valence-electron chi connectivity index (χ4n) is 8.47. The van der Waals surface area contributed by atoms with E-state index in [4.69, 9.17) is 14.2 Å². The second-order valence-corrected chi connectivity index (χ2v) is 14.6. The SMILES string of the molecule is COc1cc2nc(CCn3c(=O)n4n(c3=O)[C@@H]3C[C@H]5C(=O)C(C)=C(C)C(=O)[C@@]5(C)[C@@H](c5cc(Br)c(O)c(OC)c5)C3=CC4)c(=O)n(C)c2cc1OC. The Bertz CT molecular complexity index is 2490. The van der Waals surface area contributed by atoms with Gasteiger partial charge in [-0.3, -0.25) is 14.4 Å². The highest BCUT2D eigenvalue weighted by Gasteiger charge is 2.60. The lowest BCUT2D eigenvalue weighted by Crippen LogP contribution is -2.55. The molecule has 0 spiro atoms. The molecule has 2 aliphatic carbocycles. The molecule has 3 heterocycles. The van der Waals surface area contributed by atoms with Crippen molar-refractivity contribution in [1.82, 2.24) is 23.5 Å². The highest BCUT2D eigenvalue weighted by atomic mass is 79.9. The Kier molecular flexibility index (Phi) is 8.47. The third-order valence-corrected chi connectivity index (χ3v) is 11.9. The second kappa shape index (κ2) is 12.5. The molecule has 1 fully saturated rings. The van der Waals surface area contributed by atoms with Crippen molar-refractivity contribution in [3.8, 4) is 23.0 Å². The number of rotatable bonds is 7. The zero-order valence-corrected chi connectivity index (χ0v) is 31.4. The predicted molar refractivity (Wildman–Crippen MR) is 194 cm³/mol. The van der Waals surface area contributed by atoms with Gasteiger partial charge >= 0.3 is 11.4 Å². The third-order valence-electron chi connectivity index (χ3n) is 11.3. The Morgan fingerprint density at radius 1 is 0.942 bits per heavy atom. The number of hydrogen-bond donors (Lipinski definition) is 1. The van der Waals surface area contributed by atoms with Crippen LogP contribution in [0.2, 0.25) is 0 Å². The van der Waals surface area contributed by atoms with E-state index in [0.29, 0.717) is 49.3 Å². The molecular formula is C37H38BrN5O9. The van der Waals surface area contributed by atoms with Crippen LogP contribution < -0.4 is 31.1 Å². The average molecular weight is 777 g/mol. The van der Waals surface area contributed by atoms with Gasteiger partial charge in [0.1, 0.15) is 5.69 Å². The van der Waals surface area contributed by atoms with Crippen molar-refractivity contribution < 1.29 is 28.9 Å². The van der Waals surface area contributed by atoms with E-state index in [1.54, 1.807) is 52.1 Å². The van der Waals surface area contributed by atoms with Gasteiger partial charge in [-0.2, -0.15) is 0 Å². The van der Waals surface area contributed by atoms with Crippen molar-refractivity contribution in [1.29, 1.82) is 0 Å². The lowest BCUT2D eigenvalue weighted by molar-refractivity contribution is -0.140. The van der Waals surface area contributed by atoms with E-state index < -0.39 is 34.7 Å². The third kappa shape index (κ3) is 4.88. The number of aromatic nitrogens is 5. The fraction of sp³-hybridized carbons (Fsp3) is 0.405. The van der Waals surface area contributed by atoms with Crippen molar-refractivity contribution in [3.63, 3.8) is 0 Å². The Balaban J connectivity index is 1.33. The lowest BCUT2D eigenvalue weighted by Gasteiger charge is -2.53. The van der Waals surface area contributed by atoms with Gasteiger partial charge in [0.2, 0.25) is 0 Å². The summed E-state index contributed by atoms with van der Waals surface area (Å²) < 4.78 is 21.8. The van der Waals surface area contributed by atoms with Gasteiger partial charge in [-0.05, 0) is 70.6 Å². The molecule has 1 saturated carbocycles. The molecule has 2 aromatic heterocycles. The van der Waals surface area contributed by atoms with Crippen LogP contribution in [0.15, 0.2) is 65.9 Å². The summed E-state index contributed by atoms with van der Waals surface area (Å²) in [5, 5.41) is 10.6. The maximum atomic E-state index is 14.3. The van der Waals surface area contributed by atoms with Gasteiger partial charge in [-0.1, -0.05) is 13.0 Å². The summed E-state index contributed by atoms with van der Waals surface area (Å²) in [7, 11) is 6.02. The summed E-state index contributed by atoms with van der Waals surface area (Å²) in [5.74, 6) is -0.949. The van der Waals surface area contributed by atoms with Crippen LogP contribution in [0.4, 0.5) is 0 Å². The largest absolute Gasteiger partial charge is 0.503 e. The molecule has 0 bridgehead atoms. The molecule has 2 aromatic carbocycles. The number of carbonyl (C=O) groups excluding carboxylic acids is 2. The Morgan fingerprint density at radius 3 is 2.29 bits per heavy atom. The van der Waals surface area contributed by atoms with Crippen LogP contribution in [-0.2, 0) is 36.1 Å². The number of fused-ring (bicyclic) bond motifs is 5. The normalized spacial score (nSPS) is 22.5. The number of methoxy groups -OCH3 is 3. The quantitative estimate of drug-likeness (QED) is 0.275. The average Bonchev–Trinajstić information content (AvgIpc) is 3.38. The number of aromatic hydroxyl groups is 1. The maximum Gasteiger partial charge on any atom is 0.347 e. The first-order valence-electron chi connectivity index (χ1n) is 16.8. The molecule has 3 aliphatic rings. The molecule has 4 aromatic rings. The number of nitrogens with zero attached hydrogens (tertiary/aromatic N) is 5. The first-order valence-corrected chi connectivity index (χ1v) is 17.5. The zero-order valence-electron chi connectivity index (χ0n) is 29.8. The molecule has 0 saturated heterocycles. The highest BCUT2D eigenvalue weighted by Crippen LogP contribution is 2.61. The van der Waals surface area contributed by atoms with E-state index in [0.717, 1.165) is 4.57 Å². The van der Waals surface area contributed by atoms with Crippen molar-refractivity contribution in [2.24, 2.45) is 18.4 Å². The summed E-state index contributed by atoms with van der Waals surface area (Å²) in [6.45, 7) is 5.01. The Morgan fingerprint density at radius 2 is 1.62 bits per heavy atom. The number of Topliss-reactive ketones (excluding diaryl/α,β-unsaturated/α-hetero) is 2. The minimum Gasteiger partial charge on any atom is -0.503 e. The van der Waals surface area contributed by atoms with Gasteiger partial charge in [0.15, 0.2) is 34.6 Å². The highest BCUT2D eigenvalue weighted by molar-refractivity contribution is 9.10. The molecule has 1 N–H and O–H groups in total. The number of phenols is 1. The van der Waals surface area contributed by atoms with E-state index in [1.165, 1.54) is 35.3 Å². The number of ketones is 2. The number of benzene rings is 2. The van der Waals surface area contributed by atoms with Gasteiger partial charge in [0.25, 0.3) is 5.56 Å². The van der Waals surface area contributed by atoms with Crippen molar-refractivity contribution in [2.75, 3.05) is 21.3 Å². The van der Waals surface area contributed by atoms with E-state index in [9.17, 15) is 29.1 Å². The van der Waals surface area contributed by atoms with Gasteiger partial charge in [-0.15, -0.1) is 0 Å². The topological polar surface area (TPSA) is 166 Å². The summed E-state index contributed by atoms with van der Waals surface area (Å²) >= 11 is 3.41. The standard InChI is InChI=1S/C37H38BrN5O9/c1-17-18(2)33(46)37(3)21(31(17)44)14-25-20(30(37)19-12-22(38)32(45)29(13-19)52-7)8-11-42-35(48)41(36(49)43(25)42)10-9-23-34(47)40(4)26-16-28(51-6)27(50-5)15-24(26)39-23/h8,12-13,15-16,21,25,30,45H,9-11,14H2,1-7H3/t21-,25+,30-,37+/m0/s1. The molecule has 0 amide bonds. The lowest BCUT2D eigenvalue weighted by atomic mass is 9.50. The summed E-state index contributed by atoms with van der Waals surface area (Å²) in [6, 6.07) is 5.92. The Labute approximate surface area is 305 Å². The molecule has 0 unspecified atom stereocenters. The van der Waals surface area contributed by atoms with Crippen LogP contribution in [-0.4, -0.2) is 61.5 Å². The van der Waals surface area contributed by atoms with Crippen molar-refractivity contribution in [2.45, 2.75) is 58.7 Å². The van der Waals surface area contributed by atoms with Crippen LogP contribution >= 0.6 is 15.9 Å². The van der Waals surface area contributed by atoms with E-state index in [2.05, 4.69) is 20.9 Å². The van der Waals surface area contributed by atoms with Crippen LogP contribution in [0.5, 0.6) is 23.0 Å². The number of halogens is 1. The maximum absolute atomic E-state index is 14.3. The first kappa shape index (κ1) is 35.2. The molecule has 272 valence electrons. The molecule has 7 rings (SSSR count). The molecule has 52 heavy (non-hydrogen) atoms. The molecule has 15 heteroatoms. The predicted octanol–water partition coefficient (Wildman–Crippen LogP) is 3.57. The van der Waals surface area contributed by atoms with Crippen LogP contribution in [0, 0.1) is 11.3 Å². The fourth-order valence-corrected chi connectivity index (χ4v) is 8.93. The molecule has 0 radical (unpaired) electrons. The zero-order chi connectivity index (χ0) is 37.5. The summed E-state index contributed by atoms with van der Waals surface area (Å²) in [5.41, 5.74) is 0.453. The minimum absolute atomic E-state index is 0.0119. The van der Waals surface area contributed by atoms with Crippen molar-refractivity contribution >= 4 is 38.5 Å². The number of ether oxygens (including phenoxy) is 3. The summed E-state index contributed by atoms with van der Waals surface area (Å²) in [6.07, 6.45) is 1.96. The van der Waals surface area contributed by atoms with Gasteiger partial charge in [-0.25, -0.2) is 28.5 Å². The van der Waals surface area contributed by atoms with E-state index in [1.807, 2.05) is 6.08 Å². The molecule has 4 atom stereocenters. The minimum atomic E-state index is -1.23. The van der Waals surface area contributed by atoms with Crippen molar-refractivity contribution in [3.05, 3.63) is 94.1 Å². The number of allylic oxidation sites excluding steroid dienone is 4. The number of aryl methyl sites for hydroxylation is 2. The van der Waals surface area contributed by atoms with E-state index >= 15 is 0 Å². The summed E-state index contributed by atoms with van der Waals surface area (Å²) in [4.78, 5) is 74.5. The number of carbonyl (C=O) groups is 2. The number of hydrogen-bond acceptors (Lipinski definition) is 10. The van der Waals surface area contributed by atoms with E-state index in [-0.39, 0.29) is 60.2 Å². The van der Waals surface area contributed by atoms with Gasteiger partial charge in [0, 0.05) is 44.0 Å². The number of phenolic OH excluding ortho intramolecular Hbond substituents is 1. The molecule has 1 aliphatic heterocycles. The molecule has 14 nitrogen and oxygen atoms in total.